The number of anilines is 1. The molecule has 1 amide bonds. The highest BCUT2D eigenvalue weighted by atomic mass is 35.5. The van der Waals surface area contributed by atoms with Gasteiger partial charge in [-0.1, -0.05) is 6.07 Å². The van der Waals surface area contributed by atoms with Crippen LogP contribution in [0.2, 0.25) is 0 Å². The van der Waals surface area contributed by atoms with Crippen LogP contribution < -0.4 is 10.6 Å². The summed E-state index contributed by atoms with van der Waals surface area (Å²) in [4.78, 5) is 11.5. The summed E-state index contributed by atoms with van der Waals surface area (Å²) in [6, 6.07) is 3.71. The molecule has 1 aromatic carbocycles. The van der Waals surface area contributed by atoms with Crippen molar-refractivity contribution in [3.05, 3.63) is 29.3 Å². The average molecular weight is 327 g/mol. The number of alkyl halides is 3. The Bertz CT molecular complexity index is 467. The van der Waals surface area contributed by atoms with Crippen LogP contribution in [0, 0.1) is 6.92 Å². The summed E-state index contributed by atoms with van der Waals surface area (Å²) < 4.78 is 42.9. The zero-order valence-electron chi connectivity index (χ0n) is 11.7. The van der Waals surface area contributed by atoms with Gasteiger partial charge in [0, 0.05) is 19.3 Å². The molecule has 0 heterocycles. The molecule has 21 heavy (non-hydrogen) atoms. The van der Waals surface area contributed by atoms with Gasteiger partial charge in [0.25, 0.3) is 0 Å². The van der Waals surface area contributed by atoms with Crippen molar-refractivity contribution >= 4 is 24.0 Å². The van der Waals surface area contributed by atoms with Gasteiger partial charge < -0.3 is 15.4 Å². The Morgan fingerprint density at radius 2 is 2.00 bits per heavy atom. The van der Waals surface area contributed by atoms with E-state index >= 15 is 0 Å². The molecule has 4 nitrogen and oxygen atoms in total. The molecule has 0 aliphatic carbocycles. The minimum atomic E-state index is -4.43. The number of carbonyl (C=O) groups excluding carboxylic acids is 1. The molecule has 8 heteroatoms. The Morgan fingerprint density at radius 3 is 2.57 bits per heavy atom. The average Bonchev–Trinajstić information content (AvgIpc) is 2.36. The fourth-order valence-corrected chi connectivity index (χ4v) is 1.59. The second kappa shape index (κ2) is 8.86. The largest absolute Gasteiger partial charge is 0.416 e. The summed E-state index contributed by atoms with van der Waals surface area (Å²) in [5.74, 6) is -0.405. The first kappa shape index (κ1) is 19.7. The highest BCUT2D eigenvalue weighted by Gasteiger charge is 2.32. The molecule has 0 saturated heterocycles. The van der Waals surface area contributed by atoms with E-state index in [9.17, 15) is 18.0 Å². The maximum absolute atomic E-state index is 12.7. The number of aryl methyl sites for hydroxylation is 1. The summed E-state index contributed by atoms with van der Waals surface area (Å²) in [6.07, 6.45) is -4.43. The smallest absolute Gasteiger partial charge is 0.383 e. The maximum atomic E-state index is 12.7. The minimum Gasteiger partial charge on any atom is -0.383 e. The molecule has 0 fully saturated rings. The second-order valence-electron chi connectivity index (χ2n) is 4.25. The fraction of sp³-hybridized carbons (Fsp3) is 0.462. The number of ether oxygens (including phenoxy) is 1. The van der Waals surface area contributed by atoms with Crippen molar-refractivity contribution in [3.8, 4) is 0 Å². The summed E-state index contributed by atoms with van der Waals surface area (Å²) in [7, 11) is 1.53. The Balaban J connectivity index is 0.00000400. The molecule has 0 aliphatic rings. The van der Waals surface area contributed by atoms with E-state index < -0.39 is 17.6 Å². The van der Waals surface area contributed by atoms with E-state index in [0.717, 1.165) is 6.07 Å². The van der Waals surface area contributed by atoms with Crippen LogP contribution in [0.3, 0.4) is 0 Å². The number of carbonyl (C=O) groups is 1. The third kappa shape index (κ3) is 6.79. The number of hydrogen-bond acceptors (Lipinski definition) is 3. The van der Waals surface area contributed by atoms with Crippen molar-refractivity contribution in [2.24, 2.45) is 0 Å². The van der Waals surface area contributed by atoms with Crippen LogP contribution in [0.4, 0.5) is 18.9 Å². The fourth-order valence-electron chi connectivity index (χ4n) is 1.59. The maximum Gasteiger partial charge on any atom is 0.416 e. The lowest BCUT2D eigenvalue weighted by molar-refractivity contribution is -0.138. The SMILES string of the molecule is COCCNCC(=O)Nc1ccc(C)c(C(F)(F)F)c1.Cl. The van der Waals surface area contributed by atoms with Crippen LogP contribution in [0.1, 0.15) is 11.1 Å². The first-order valence-electron chi connectivity index (χ1n) is 6.02. The van der Waals surface area contributed by atoms with Crippen molar-refractivity contribution in [3.63, 3.8) is 0 Å². The summed E-state index contributed by atoms with van der Waals surface area (Å²) in [5.41, 5.74) is -0.502. The highest BCUT2D eigenvalue weighted by molar-refractivity contribution is 5.92. The van der Waals surface area contributed by atoms with Gasteiger partial charge in [-0.2, -0.15) is 13.2 Å². The molecule has 1 rings (SSSR count). The lowest BCUT2D eigenvalue weighted by Gasteiger charge is -2.13. The third-order valence-corrected chi connectivity index (χ3v) is 2.60. The van der Waals surface area contributed by atoms with Gasteiger partial charge in [0.15, 0.2) is 0 Å². The minimum absolute atomic E-state index is 0. The van der Waals surface area contributed by atoms with E-state index in [1.54, 1.807) is 0 Å². The first-order valence-corrected chi connectivity index (χ1v) is 6.02. The van der Waals surface area contributed by atoms with Crippen LogP contribution in [-0.2, 0) is 15.7 Å². The van der Waals surface area contributed by atoms with E-state index in [-0.39, 0.29) is 30.2 Å². The molecule has 1 aromatic rings. The molecule has 0 unspecified atom stereocenters. The molecule has 0 atom stereocenters. The Hall–Kier alpha value is -1.31. The molecule has 2 N–H and O–H groups in total. The van der Waals surface area contributed by atoms with E-state index in [4.69, 9.17) is 4.74 Å². The molecule has 0 radical (unpaired) electrons. The number of hydrogen-bond donors (Lipinski definition) is 2. The molecule has 0 aliphatic heterocycles. The lowest BCUT2D eigenvalue weighted by Crippen LogP contribution is -2.30. The monoisotopic (exact) mass is 326 g/mol. The quantitative estimate of drug-likeness (QED) is 0.790. The predicted octanol–water partition coefficient (Wildman–Crippen LogP) is 2.61. The number of benzene rings is 1. The molecule has 0 spiro atoms. The topological polar surface area (TPSA) is 50.4 Å². The van der Waals surface area contributed by atoms with Gasteiger partial charge in [0.05, 0.1) is 18.7 Å². The van der Waals surface area contributed by atoms with Crippen LogP contribution >= 0.6 is 12.4 Å². The number of methoxy groups -OCH3 is 1. The van der Waals surface area contributed by atoms with Gasteiger partial charge in [-0.25, -0.2) is 0 Å². The molecule has 0 bridgehead atoms. The molecule has 120 valence electrons. The van der Waals surface area contributed by atoms with Crippen LogP contribution in [0.5, 0.6) is 0 Å². The normalized spacial score (nSPS) is 10.9. The highest BCUT2D eigenvalue weighted by Crippen LogP contribution is 2.33. The Labute approximate surface area is 127 Å². The number of rotatable bonds is 6. The van der Waals surface area contributed by atoms with Gasteiger partial charge >= 0.3 is 6.18 Å². The summed E-state index contributed by atoms with van der Waals surface area (Å²) in [5, 5.41) is 5.22. The predicted molar refractivity (Wildman–Crippen MR) is 76.8 cm³/mol. The summed E-state index contributed by atoms with van der Waals surface area (Å²) in [6.45, 7) is 2.33. The van der Waals surface area contributed by atoms with Gasteiger partial charge in [-0.05, 0) is 24.6 Å². The van der Waals surface area contributed by atoms with Crippen LogP contribution in [0.15, 0.2) is 18.2 Å². The van der Waals surface area contributed by atoms with E-state index in [2.05, 4.69) is 10.6 Å². The Kier molecular flexibility index (Phi) is 8.31. The van der Waals surface area contributed by atoms with Crippen molar-refractivity contribution in [2.75, 3.05) is 32.1 Å². The van der Waals surface area contributed by atoms with Gasteiger partial charge in [-0.15, -0.1) is 12.4 Å². The molecular weight excluding hydrogens is 309 g/mol. The van der Waals surface area contributed by atoms with Gasteiger partial charge in [0.1, 0.15) is 0 Å². The zero-order chi connectivity index (χ0) is 15.2. The van der Waals surface area contributed by atoms with E-state index in [0.29, 0.717) is 13.2 Å². The number of nitrogens with one attached hydrogen (secondary N) is 2. The van der Waals surface area contributed by atoms with Crippen LogP contribution in [0.25, 0.3) is 0 Å². The molecular formula is C13H18ClF3N2O2. The van der Waals surface area contributed by atoms with Gasteiger partial charge in [-0.3, -0.25) is 4.79 Å². The van der Waals surface area contributed by atoms with Gasteiger partial charge in [0.2, 0.25) is 5.91 Å². The third-order valence-electron chi connectivity index (χ3n) is 2.60. The van der Waals surface area contributed by atoms with Crippen molar-refractivity contribution in [1.82, 2.24) is 5.32 Å². The van der Waals surface area contributed by atoms with Crippen molar-refractivity contribution in [2.45, 2.75) is 13.1 Å². The second-order valence-corrected chi connectivity index (χ2v) is 4.25. The van der Waals surface area contributed by atoms with Crippen molar-refractivity contribution < 1.29 is 22.7 Å². The van der Waals surface area contributed by atoms with Crippen molar-refractivity contribution in [1.29, 1.82) is 0 Å². The van der Waals surface area contributed by atoms with E-state index in [1.165, 1.54) is 26.2 Å². The number of halogens is 4. The standard InChI is InChI=1S/C13H17F3N2O2.ClH/c1-9-3-4-10(7-11(9)13(14,15)16)18-12(19)8-17-5-6-20-2;/h3-4,7,17H,5-6,8H2,1-2H3,(H,18,19);1H. The first-order chi connectivity index (χ1) is 9.34. The Morgan fingerprint density at radius 1 is 1.33 bits per heavy atom. The number of amides is 1. The van der Waals surface area contributed by atoms with E-state index in [1.807, 2.05) is 0 Å². The van der Waals surface area contributed by atoms with Crippen LogP contribution in [-0.4, -0.2) is 32.7 Å². The lowest BCUT2D eigenvalue weighted by atomic mass is 10.1. The molecule has 0 aromatic heterocycles. The zero-order valence-corrected chi connectivity index (χ0v) is 12.5. The molecule has 0 saturated carbocycles. The summed E-state index contributed by atoms with van der Waals surface area (Å²) >= 11 is 0.